The SMILES string of the molecule is CCOC(=O)c1ccc2ncc(Cl)cc2c1. The molecule has 3 nitrogen and oxygen atoms in total. The van der Waals surface area contributed by atoms with Crippen LogP contribution < -0.4 is 0 Å². The first-order chi connectivity index (χ1) is 7.70. The van der Waals surface area contributed by atoms with Crippen molar-refractivity contribution in [3.63, 3.8) is 0 Å². The van der Waals surface area contributed by atoms with Gasteiger partial charge in [-0.05, 0) is 31.2 Å². The number of fused-ring (bicyclic) bond motifs is 1. The van der Waals surface area contributed by atoms with Crippen LogP contribution >= 0.6 is 11.6 Å². The van der Waals surface area contributed by atoms with E-state index >= 15 is 0 Å². The Morgan fingerprint density at radius 3 is 3.00 bits per heavy atom. The zero-order chi connectivity index (χ0) is 11.5. The summed E-state index contributed by atoms with van der Waals surface area (Å²) in [6.07, 6.45) is 1.58. The number of ether oxygens (including phenoxy) is 1. The van der Waals surface area contributed by atoms with Crippen LogP contribution in [0.3, 0.4) is 0 Å². The Balaban J connectivity index is 2.46. The lowest BCUT2D eigenvalue weighted by atomic mass is 10.1. The predicted molar refractivity (Wildman–Crippen MR) is 62.7 cm³/mol. The maximum atomic E-state index is 11.5. The number of aromatic nitrogens is 1. The lowest BCUT2D eigenvalue weighted by molar-refractivity contribution is 0.0526. The number of pyridine rings is 1. The molecule has 1 aromatic carbocycles. The third kappa shape index (κ3) is 2.14. The van der Waals surface area contributed by atoms with E-state index in [-0.39, 0.29) is 5.97 Å². The van der Waals surface area contributed by atoms with Gasteiger partial charge in [-0.2, -0.15) is 0 Å². The van der Waals surface area contributed by atoms with Crippen LogP contribution in [0.15, 0.2) is 30.5 Å². The normalized spacial score (nSPS) is 10.4. The van der Waals surface area contributed by atoms with Gasteiger partial charge in [0.2, 0.25) is 0 Å². The van der Waals surface area contributed by atoms with Crippen molar-refractivity contribution in [1.29, 1.82) is 0 Å². The van der Waals surface area contributed by atoms with Gasteiger partial charge in [-0.1, -0.05) is 11.6 Å². The first kappa shape index (κ1) is 10.9. The van der Waals surface area contributed by atoms with Crippen molar-refractivity contribution < 1.29 is 9.53 Å². The molecule has 4 heteroatoms. The standard InChI is InChI=1S/C12H10ClNO2/c1-2-16-12(15)8-3-4-11-9(5-8)6-10(13)7-14-11/h3-7H,2H2,1H3. The Kier molecular flexibility index (Phi) is 3.06. The minimum absolute atomic E-state index is 0.329. The van der Waals surface area contributed by atoms with Crippen molar-refractivity contribution in [3.05, 3.63) is 41.0 Å². The molecule has 0 fully saturated rings. The summed E-state index contributed by atoms with van der Waals surface area (Å²) in [7, 11) is 0. The zero-order valence-corrected chi connectivity index (χ0v) is 9.49. The van der Waals surface area contributed by atoms with E-state index in [9.17, 15) is 4.79 Å². The van der Waals surface area contributed by atoms with Gasteiger partial charge in [0.05, 0.1) is 22.7 Å². The van der Waals surface area contributed by atoms with Crippen LogP contribution in [-0.4, -0.2) is 17.6 Å². The highest BCUT2D eigenvalue weighted by molar-refractivity contribution is 6.31. The Labute approximate surface area is 98.0 Å². The number of nitrogens with zero attached hydrogens (tertiary/aromatic N) is 1. The topological polar surface area (TPSA) is 39.2 Å². The molecule has 16 heavy (non-hydrogen) atoms. The van der Waals surface area contributed by atoms with Crippen LogP contribution in [0.2, 0.25) is 5.02 Å². The van der Waals surface area contributed by atoms with Crippen molar-refractivity contribution >= 4 is 28.5 Å². The number of rotatable bonds is 2. The number of carbonyl (C=O) groups is 1. The van der Waals surface area contributed by atoms with E-state index in [1.807, 2.05) is 0 Å². The minimum Gasteiger partial charge on any atom is -0.462 e. The molecule has 0 bridgehead atoms. The molecule has 82 valence electrons. The summed E-state index contributed by atoms with van der Waals surface area (Å²) < 4.78 is 4.91. The van der Waals surface area contributed by atoms with E-state index in [0.717, 1.165) is 10.9 Å². The molecule has 2 aromatic rings. The monoisotopic (exact) mass is 235 g/mol. The van der Waals surface area contributed by atoms with Crippen molar-refractivity contribution in [3.8, 4) is 0 Å². The first-order valence-electron chi connectivity index (χ1n) is 4.93. The number of hydrogen-bond donors (Lipinski definition) is 0. The molecule has 1 heterocycles. The maximum absolute atomic E-state index is 11.5. The Hall–Kier alpha value is -1.61. The molecule has 0 atom stereocenters. The molecule has 0 amide bonds. The Morgan fingerprint density at radius 1 is 1.44 bits per heavy atom. The average molecular weight is 236 g/mol. The first-order valence-corrected chi connectivity index (χ1v) is 5.31. The summed E-state index contributed by atoms with van der Waals surface area (Å²) in [5.74, 6) is -0.329. The summed E-state index contributed by atoms with van der Waals surface area (Å²) in [5, 5.41) is 1.38. The molecular formula is C12H10ClNO2. The predicted octanol–water partition coefficient (Wildman–Crippen LogP) is 3.06. The third-order valence-electron chi connectivity index (χ3n) is 2.16. The fourth-order valence-corrected chi connectivity index (χ4v) is 1.61. The second-order valence-corrected chi connectivity index (χ2v) is 3.72. The number of hydrogen-bond acceptors (Lipinski definition) is 3. The van der Waals surface area contributed by atoms with Gasteiger partial charge in [0, 0.05) is 11.6 Å². The lowest BCUT2D eigenvalue weighted by Gasteiger charge is -2.03. The molecule has 0 aliphatic rings. The molecular weight excluding hydrogens is 226 g/mol. The third-order valence-corrected chi connectivity index (χ3v) is 2.37. The van der Waals surface area contributed by atoms with Gasteiger partial charge in [-0.25, -0.2) is 4.79 Å². The van der Waals surface area contributed by atoms with Gasteiger partial charge in [0.1, 0.15) is 0 Å². The highest BCUT2D eigenvalue weighted by Gasteiger charge is 2.07. The number of esters is 1. The molecule has 1 aromatic heterocycles. The van der Waals surface area contributed by atoms with E-state index < -0.39 is 0 Å². The van der Waals surface area contributed by atoms with Gasteiger partial charge in [0.15, 0.2) is 0 Å². The quantitative estimate of drug-likeness (QED) is 0.751. The summed E-state index contributed by atoms with van der Waals surface area (Å²) in [4.78, 5) is 15.6. The summed E-state index contributed by atoms with van der Waals surface area (Å²) in [6, 6.07) is 6.97. The summed E-state index contributed by atoms with van der Waals surface area (Å²) >= 11 is 5.83. The fourth-order valence-electron chi connectivity index (χ4n) is 1.45. The van der Waals surface area contributed by atoms with Crippen LogP contribution in [0, 0.1) is 0 Å². The second kappa shape index (κ2) is 4.49. The molecule has 0 saturated heterocycles. The van der Waals surface area contributed by atoms with Crippen LogP contribution in [0.5, 0.6) is 0 Å². The molecule has 2 rings (SSSR count). The zero-order valence-electron chi connectivity index (χ0n) is 8.74. The molecule has 0 spiro atoms. The van der Waals surface area contributed by atoms with E-state index in [2.05, 4.69) is 4.98 Å². The fraction of sp³-hybridized carbons (Fsp3) is 0.167. The van der Waals surface area contributed by atoms with Crippen LogP contribution in [0.25, 0.3) is 10.9 Å². The average Bonchev–Trinajstić information content (AvgIpc) is 2.28. The molecule has 0 aliphatic heterocycles. The number of benzene rings is 1. The maximum Gasteiger partial charge on any atom is 0.338 e. The molecule has 0 N–H and O–H groups in total. The highest BCUT2D eigenvalue weighted by atomic mass is 35.5. The number of halogens is 1. The van der Waals surface area contributed by atoms with Crippen molar-refractivity contribution in [2.75, 3.05) is 6.61 Å². The van der Waals surface area contributed by atoms with Crippen molar-refractivity contribution in [2.24, 2.45) is 0 Å². The van der Waals surface area contributed by atoms with Crippen molar-refractivity contribution in [1.82, 2.24) is 4.98 Å². The van der Waals surface area contributed by atoms with Gasteiger partial charge in [-0.3, -0.25) is 4.98 Å². The van der Waals surface area contributed by atoms with Crippen LogP contribution in [-0.2, 0) is 4.74 Å². The minimum atomic E-state index is -0.329. The van der Waals surface area contributed by atoms with E-state index in [1.165, 1.54) is 0 Å². The number of carbonyl (C=O) groups excluding carboxylic acids is 1. The molecule has 0 aliphatic carbocycles. The summed E-state index contributed by atoms with van der Waals surface area (Å²) in [5.41, 5.74) is 1.32. The van der Waals surface area contributed by atoms with Gasteiger partial charge >= 0.3 is 5.97 Å². The highest BCUT2D eigenvalue weighted by Crippen LogP contribution is 2.18. The van der Waals surface area contributed by atoms with E-state index in [1.54, 1.807) is 37.4 Å². The summed E-state index contributed by atoms with van der Waals surface area (Å²) in [6.45, 7) is 2.14. The molecule has 0 radical (unpaired) electrons. The lowest BCUT2D eigenvalue weighted by Crippen LogP contribution is -2.04. The Morgan fingerprint density at radius 2 is 2.25 bits per heavy atom. The van der Waals surface area contributed by atoms with Crippen LogP contribution in [0.1, 0.15) is 17.3 Å². The smallest absolute Gasteiger partial charge is 0.338 e. The van der Waals surface area contributed by atoms with Crippen LogP contribution in [0.4, 0.5) is 0 Å². The van der Waals surface area contributed by atoms with Gasteiger partial charge in [0.25, 0.3) is 0 Å². The largest absolute Gasteiger partial charge is 0.462 e. The van der Waals surface area contributed by atoms with E-state index in [4.69, 9.17) is 16.3 Å². The molecule has 0 unspecified atom stereocenters. The van der Waals surface area contributed by atoms with Gasteiger partial charge < -0.3 is 4.74 Å². The van der Waals surface area contributed by atoms with E-state index in [0.29, 0.717) is 17.2 Å². The second-order valence-electron chi connectivity index (χ2n) is 3.28. The van der Waals surface area contributed by atoms with Crippen molar-refractivity contribution in [2.45, 2.75) is 6.92 Å². The molecule has 0 saturated carbocycles. The van der Waals surface area contributed by atoms with Gasteiger partial charge in [-0.15, -0.1) is 0 Å². The Bertz CT molecular complexity index is 540.